The van der Waals surface area contributed by atoms with Crippen molar-refractivity contribution in [3.05, 3.63) is 35.9 Å². The molecule has 0 aliphatic heterocycles. The Morgan fingerprint density at radius 1 is 1.21 bits per heavy atom. The molecule has 1 heteroatoms. The topological polar surface area (TPSA) is 9.23 Å². The molecule has 0 amide bonds. The van der Waals surface area contributed by atoms with E-state index < -0.39 is 0 Å². The highest BCUT2D eigenvalue weighted by atomic mass is 16.5. The second-order valence-corrected chi connectivity index (χ2v) is 3.75. The molecule has 0 spiro atoms. The van der Waals surface area contributed by atoms with E-state index in [1.165, 1.54) is 24.8 Å². The Bertz CT molecular complexity index is 230. The normalized spacial score (nSPS) is 12.7. The standard InChI is InChI=1S/C13H20O/c1-3-4-8-12(2)14-11-13-9-6-5-7-10-13/h5-7,9-10,12H,3-4,8,11H2,1-2H3/t12-/m1/s1. The molecule has 0 aliphatic carbocycles. The van der Waals surface area contributed by atoms with Crippen molar-refractivity contribution in [2.45, 2.75) is 45.8 Å². The van der Waals surface area contributed by atoms with Gasteiger partial charge in [0, 0.05) is 0 Å². The summed E-state index contributed by atoms with van der Waals surface area (Å²) in [5.74, 6) is 0. The Morgan fingerprint density at radius 2 is 1.93 bits per heavy atom. The molecule has 0 aromatic heterocycles. The molecule has 1 aromatic carbocycles. The minimum atomic E-state index is 0.384. The minimum absolute atomic E-state index is 0.384. The third kappa shape index (κ3) is 4.43. The van der Waals surface area contributed by atoms with E-state index in [0.717, 1.165) is 6.61 Å². The molecule has 14 heavy (non-hydrogen) atoms. The van der Waals surface area contributed by atoms with Gasteiger partial charge in [0.1, 0.15) is 0 Å². The predicted octanol–water partition coefficient (Wildman–Crippen LogP) is 3.78. The van der Waals surface area contributed by atoms with E-state index in [1.807, 2.05) is 6.07 Å². The largest absolute Gasteiger partial charge is 0.374 e. The first-order chi connectivity index (χ1) is 6.83. The maximum Gasteiger partial charge on any atom is 0.0720 e. The van der Waals surface area contributed by atoms with Crippen LogP contribution in [0.25, 0.3) is 0 Å². The number of hydrogen-bond acceptors (Lipinski definition) is 1. The molecule has 0 heterocycles. The van der Waals surface area contributed by atoms with E-state index in [4.69, 9.17) is 4.74 Å². The smallest absolute Gasteiger partial charge is 0.0720 e. The predicted molar refractivity (Wildman–Crippen MR) is 60.2 cm³/mol. The maximum absolute atomic E-state index is 5.73. The first kappa shape index (κ1) is 11.3. The van der Waals surface area contributed by atoms with Gasteiger partial charge in [-0.1, -0.05) is 50.1 Å². The molecule has 0 radical (unpaired) electrons. The summed E-state index contributed by atoms with van der Waals surface area (Å²) in [6.45, 7) is 5.11. The number of benzene rings is 1. The van der Waals surface area contributed by atoms with Gasteiger partial charge in [0.2, 0.25) is 0 Å². The van der Waals surface area contributed by atoms with Gasteiger partial charge in [-0.15, -0.1) is 0 Å². The third-order valence-corrected chi connectivity index (χ3v) is 2.34. The van der Waals surface area contributed by atoms with Crippen molar-refractivity contribution in [1.29, 1.82) is 0 Å². The van der Waals surface area contributed by atoms with Crippen molar-refractivity contribution in [2.24, 2.45) is 0 Å². The second kappa shape index (κ2) is 6.61. The number of hydrogen-bond donors (Lipinski definition) is 0. The fourth-order valence-electron chi connectivity index (χ4n) is 1.39. The zero-order valence-electron chi connectivity index (χ0n) is 9.20. The van der Waals surface area contributed by atoms with Crippen LogP contribution in [-0.2, 0) is 11.3 Å². The molecule has 0 bridgehead atoms. The van der Waals surface area contributed by atoms with Crippen LogP contribution in [0.1, 0.15) is 38.7 Å². The van der Waals surface area contributed by atoms with Gasteiger partial charge < -0.3 is 4.74 Å². The van der Waals surface area contributed by atoms with E-state index in [2.05, 4.69) is 38.1 Å². The summed E-state index contributed by atoms with van der Waals surface area (Å²) in [6, 6.07) is 10.3. The van der Waals surface area contributed by atoms with Crippen LogP contribution in [-0.4, -0.2) is 6.10 Å². The number of ether oxygens (including phenoxy) is 1. The highest BCUT2D eigenvalue weighted by Gasteiger charge is 2.01. The van der Waals surface area contributed by atoms with E-state index >= 15 is 0 Å². The van der Waals surface area contributed by atoms with Gasteiger partial charge in [0.15, 0.2) is 0 Å². The molecule has 1 atom stereocenters. The third-order valence-electron chi connectivity index (χ3n) is 2.34. The number of unbranched alkanes of at least 4 members (excludes halogenated alkanes) is 1. The van der Waals surface area contributed by atoms with Crippen LogP contribution < -0.4 is 0 Å². The minimum Gasteiger partial charge on any atom is -0.374 e. The lowest BCUT2D eigenvalue weighted by molar-refractivity contribution is 0.0462. The fraction of sp³-hybridized carbons (Fsp3) is 0.538. The number of rotatable bonds is 6. The van der Waals surface area contributed by atoms with Gasteiger partial charge in [-0.05, 0) is 18.9 Å². The first-order valence-electron chi connectivity index (χ1n) is 5.48. The molecule has 1 rings (SSSR count). The van der Waals surface area contributed by atoms with Crippen molar-refractivity contribution < 1.29 is 4.74 Å². The van der Waals surface area contributed by atoms with Crippen LogP contribution in [0.5, 0.6) is 0 Å². The molecule has 0 N–H and O–H groups in total. The van der Waals surface area contributed by atoms with Gasteiger partial charge in [-0.25, -0.2) is 0 Å². The maximum atomic E-state index is 5.73. The van der Waals surface area contributed by atoms with E-state index in [9.17, 15) is 0 Å². The van der Waals surface area contributed by atoms with Gasteiger partial charge in [0.05, 0.1) is 12.7 Å². The Morgan fingerprint density at radius 3 is 2.57 bits per heavy atom. The van der Waals surface area contributed by atoms with E-state index in [1.54, 1.807) is 0 Å². The molecular weight excluding hydrogens is 172 g/mol. The lowest BCUT2D eigenvalue weighted by Crippen LogP contribution is -2.07. The molecular formula is C13H20O. The molecule has 1 aromatic rings. The van der Waals surface area contributed by atoms with Gasteiger partial charge in [-0.2, -0.15) is 0 Å². The zero-order chi connectivity index (χ0) is 10.2. The lowest BCUT2D eigenvalue weighted by atomic mass is 10.2. The van der Waals surface area contributed by atoms with E-state index in [0.29, 0.717) is 6.10 Å². The van der Waals surface area contributed by atoms with Crippen LogP contribution in [0.2, 0.25) is 0 Å². The zero-order valence-corrected chi connectivity index (χ0v) is 9.20. The summed E-state index contributed by atoms with van der Waals surface area (Å²) in [6.07, 6.45) is 4.06. The average Bonchev–Trinajstić information content (AvgIpc) is 2.25. The Hall–Kier alpha value is -0.820. The summed E-state index contributed by atoms with van der Waals surface area (Å²) in [5, 5.41) is 0. The second-order valence-electron chi connectivity index (χ2n) is 3.75. The average molecular weight is 192 g/mol. The molecule has 1 nitrogen and oxygen atoms in total. The van der Waals surface area contributed by atoms with Crippen molar-refractivity contribution >= 4 is 0 Å². The quantitative estimate of drug-likeness (QED) is 0.666. The fourth-order valence-corrected chi connectivity index (χ4v) is 1.39. The summed E-state index contributed by atoms with van der Waals surface area (Å²) in [5.41, 5.74) is 1.26. The van der Waals surface area contributed by atoms with Crippen LogP contribution in [0.3, 0.4) is 0 Å². The van der Waals surface area contributed by atoms with Gasteiger partial charge >= 0.3 is 0 Å². The molecule has 0 aliphatic rings. The molecule has 0 fully saturated rings. The highest BCUT2D eigenvalue weighted by molar-refractivity contribution is 5.13. The van der Waals surface area contributed by atoms with Crippen LogP contribution in [0, 0.1) is 0 Å². The molecule has 0 saturated carbocycles. The Labute approximate surface area is 87.1 Å². The SMILES string of the molecule is CCCC[C@@H](C)OCc1ccccc1. The first-order valence-corrected chi connectivity index (χ1v) is 5.48. The van der Waals surface area contributed by atoms with E-state index in [-0.39, 0.29) is 0 Å². The summed E-state index contributed by atoms with van der Waals surface area (Å²) in [4.78, 5) is 0. The molecule has 0 unspecified atom stereocenters. The molecule has 78 valence electrons. The summed E-state index contributed by atoms with van der Waals surface area (Å²) < 4.78 is 5.73. The van der Waals surface area contributed by atoms with Crippen LogP contribution in [0.15, 0.2) is 30.3 Å². The van der Waals surface area contributed by atoms with Gasteiger partial charge in [-0.3, -0.25) is 0 Å². The monoisotopic (exact) mass is 192 g/mol. The molecule has 0 saturated heterocycles. The van der Waals surface area contributed by atoms with Crippen molar-refractivity contribution in [3.8, 4) is 0 Å². The van der Waals surface area contributed by atoms with Crippen molar-refractivity contribution in [3.63, 3.8) is 0 Å². The van der Waals surface area contributed by atoms with Crippen LogP contribution in [0.4, 0.5) is 0 Å². The summed E-state index contributed by atoms with van der Waals surface area (Å²) in [7, 11) is 0. The summed E-state index contributed by atoms with van der Waals surface area (Å²) >= 11 is 0. The van der Waals surface area contributed by atoms with Gasteiger partial charge in [0.25, 0.3) is 0 Å². The lowest BCUT2D eigenvalue weighted by Gasteiger charge is -2.12. The highest BCUT2D eigenvalue weighted by Crippen LogP contribution is 2.08. The van der Waals surface area contributed by atoms with Crippen LogP contribution >= 0.6 is 0 Å². The van der Waals surface area contributed by atoms with Crippen molar-refractivity contribution in [2.75, 3.05) is 0 Å². The Balaban J connectivity index is 2.20. The van der Waals surface area contributed by atoms with Crippen molar-refractivity contribution in [1.82, 2.24) is 0 Å². The Kier molecular flexibility index (Phi) is 5.31.